The number of rotatable bonds is 3. The molecule has 3 aromatic rings. The second-order valence-corrected chi connectivity index (χ2v) is 6.62. The second-order valence-electron chi connectivity index (χ2n) is 5.62. The minimum atomic E-state index is -0.134. The number of thiazole rings is 1. The van der Waals surface area contributed by atoms with Crippen molar-refractivity contribution in [1.29, 1.82) is 0 Å². The van der Waals surface area contributed by atoms with Gasteiger partial charge >= 0.3 is 0 Å². The van der Waals surface area contributed by atoms with E-state index >= 15 is 0 Å². The highest BCUT2D eigenvalue weighted by Crippen LogP contribution is 2.29. The predicted molar refractivity (Wildman–Crippen MR) is 90.0 cm³/mol. The Balaban J connectivity index is 1.51. The molecule has 0 saturated carbocycles. The minimum Gasteiger partial charge on any atom is -0.338 e. The lowest BCUT2D eigenvalue weighted by Crippen LogP contribution is -2.18. The van der Waals surface area contributed by atoms with Crippen LogP contribution in [0.2, 0.25) is 0 Å². The van der Waals surface area contributed by atoms with Crippen molar-refractivity contribution in [3.8, 4) is 0 Å². The second kappa shape index (κ2) is 5.62. The zero-order chi connectivity index (χ0) is 15.8. The summed E-state index contributed by atoms with van der Waals surface area (Å²) < 4.78 is 1.91. The molecule has 0 saturated heterocycles. The Bertz CT molecular complexity index is 910. The summed E-state index contributed by atoms with van der Waals surface area (Å²) in [5.41, 5.74) is 1.85. The van der Waals surface area contributed by atoms with Gasteiger partial charge in [0.2, 0.25) is 5.91 Å². The zero-order valence-electron chi connectivity index (χ0n) is 12.4. The van der Waals surface area contributed by atoms with Crippen molar-refractivity contribution in [2.24, 2.45) is 0 Å². The highest BCUT2D eigenvalue weighted by molar-refractivity contribution is 7.17. The van der Waals surface area contributed by atoms with Crippen molar-refractivity contribution in [2.75, 3.05) is 5.32 Å². The molecular weight excluding hydrogens is 310 g/mol. The van der Waals surface area contributed by atoms with Crippen molar-refractivity contribution in [3.63, 3.8) is 0 Å². The van der Waals surface area contributed by atoms with Crippen molar-refractivity contribution in [3.05, 3.63) is 47.1 Å². The Morgan fingerprint density at radius 3 is 3.00 bits per heavy atom. The number of Topliss-reactive ketones (excluding diaryl/α,β-unsaturated/α-hetero) is 1. The number of hydrogen-bond acceptors (Lipinski definition) is 4. The van der Waals surface area contributed by atoms with Crippen LogP contribution in [0.1, 0.15) is 28.2 Å². The largest absolute Gasteiger partial charge is 0.338 e. The van der Waals surface area contributed by atoms with E-state index in [1.54, 1.807) is 0 Å². The maximum Gasteiger partial charge on any atom is 0.246 e. The summed E-state index contributed by atoms with van der Waals surface area (Å²) in [4.78, 5) is 29.2. The van der Waals surface area contributed by atoms with Gasteiger partial charge in [0.1, 0.15) is 6.54 Å². The Morgan fingerprint density at radius 2 is 2.13 bits per heavy atom. The fraction of sp³-hybridized carbons (Fsp3) is 0.235. The van der Waals surface area contributed by atoms with E-state index in [1.165, 1.54) is 11.3 Å². The molecule has 1 aromatic carbocycles. The number of fused-ring (bicyclic) bond motifs is 2. The molecule has 6 heteroatoms. The molecule has 0 bridgehead atoms. The Hall–Kier alpha value is -2.47. The monoisotopic (exact) mass is 325 g/mol. The van der Waals surface area contributed by atoms with E-state index < -0.39 is 0 Å². The fourth-order valence-electron chi connectivity index (χ4n) is 2.91. The van der Waals surface area contributed by atoms with E-state index in [2.05, 4.69) is 10.3 Å². The maximum atomic E-state index is 12.3. The van der Waals surface area contributed by atoms with Gasteiger partial charge in [-0.3, -0.25) is 9.59 Å². The van der Waals surface area contributed by atoms with Gasteiger partial charge in [-0.25, -0.2) is 4.98 Å². The van der Waals surface area contributed by atoms with Gasteiger partial charge in [0, 0.05) is 18.1 Å². The molecule has 0 unspecified atom stereocenters. The summed E-state index contributed by atoms with van der Waals surface area (Å²) in [6, 6.07) is 9.93. The third-order valence-electron chi connectivity index (χ3n) is 4.01. The van der Waals surface area contributed by atoms with Crippen molar-refractivity contribution in [2.45, 2.75) is 25.8 Å². The van der Waals surface area contributed by atoms with E-state index in [9.17, 15) is 9.59 Å². The maximum absolute atomic E-state index is 12.3. The summed E-state index contributed by atoms with van der Waals surface area (Å²) in [6.45, 7) is 0.228. The summed E-state index contributed by atoms with van der Waals surface area (Å²) in [6.07, 6.45) is 4.15. The number of carbonyl (C=O) groups excluding carboxylic acids is 2. The fourth-order valence-corrected chi connectivity index (χ4v) is 3.91. The van der Waals surface area contributed by atoms with Crippen LogP contribution in [-0.2, 0) is 17.8 Å². The number of aromatic nitrogens is 2. The number of anilines is 1. The van der Waals surface area contributed by atoms with Crippen LogP contribution in [0, 0.1) is 0 Å². The van der Waals surface area contributed by atoms with Gasteiger partial charge in [0.15, 0.2) is 10.9 Å². The topological polar surface area (TPSA) is 64.0 Å². The molecule has 0 spiro atoms. The first-order valence-electron chi connectivity index (χ1n) is 7.57. The molecule has 116 valence electrons. The first-order chi connectivity index (χ1) is 11.2. The van der Waals surface area contributed by atoms with Gasteiger partial charge < -0.3 is 9.88 Å². The van der Waals surface area contributed by atoms with Crippen LogP contribution in [0.3, 0.4) is 0 Å². The van der Waals surface area contributed by atoms with E-state index in [0.717, 1.165) is 29.4 Å². The molecule has 1 amide bonds. The van der Waals surface area contributed by atoms with E-state index in [-0.39, 0.29) is 18.2 Å². The molecule has 0 aliphatic heterocycles. The van der Waals surface area contributed by atoms with E-state index in [4.69, 9.17) is 0 Å². The summed E-state index contributed by atoms with van der Waals surface area (Å²) >= 11 is 1.29. The lowest BCUT2D eigenvalue weighted by atomic mass is 10.0. The predicted octanol–water partition coefficient (Wildman–Crippen LogP) is 3.26. The van der Waals surface area contributed by atoms with Gasteiger partial charge in [-0.05, 0) is 30.4 Å². The third-order valence-corrected chi connectivity index (χ3v) is 5.06. The van der Waals surface area contributed by atoms with Gasteiger partial charge in [-0.1, -0.05) is 29.5 Å². The van der Waals surface area contributed by atoms with Crippen LogP contribution >= 0.6 is 11.3 Å². The average molecular weight is 325 g/mol. The number of benzene rings is 1. The highest BCUT2D eigenvalue weighted by atomic mass is 32.1. The highest BCUT2D eigenvalue weighted by Gasteiger charge is 2.22. The molecule has 1 N–H and O–H groups in total. The van der Waals surface area contributed by atoms with Crippen LogP contribution < -0.4 is 5.32 Å². The van der Waals surface area contributed by atoms with E-state index in [0.29, 0.717) is 16.4 Å². The van der Waals surface area contributed by atoms with Gasteiger partial charge in [0.25, 0.3) is 0 Å². The zero-order valence-corrected chi connectivity index (χ0v) is 13.2. The SMILES string of the molecule is O=C(Cn1ccc2ccccc21)Nc1nc2c(s1)C(=O)CCC2. The number of carbonyl (C=O) groups is 2. The number of aryl methyl sites for hydroxylation is 1. The van der Waals surface area contributed by atoms with Gasteiger partial charge in [-0.2, -0.15) is 0 Å². The molecule has 2 heterocycles. The summed E-state index contributed by atoms with van der Waals surface area (Å²) in [5, 5.41) is 4.45. The van der Waals surface area contributed by atoms with Gasteiger partial charge in [-0.15, -0.1) is 0 Å². The van der Waals surface area contributed by atoms with Gasteiger partial charge in [0.05, 0.1) is 10.6 Å². The number of para-hydroxylation sites is 1. The first kappa shape index (κ1) is 14.1. The lowest BCUT2D eigenvalue weighted by molar-refractivity contribution is -0.116. The van der Waals surface area contributed by atoms with Crippen LogP contribution in [0.5, 0.6) is 0 Å². The number of nitrogens with zero attached hydrogens (tertiary/aromatic N) is 2. The molecule has 4 rings (SSSR count). The summed E-state index contributed by atoms with van der Waals surface area (Å²) in [7, 11) is 0. The minimum absolute atomic E-state index is 0.134. The van der Waals surface area contributed by atoms with Crippen LogP contribution in [0.4, 0.5) is 5.13 Å². The molecule has 5 nitrogen and oxygen atoms in total. The Morgan fingerprint density at radius 1 is 1.26 bits per heavy atom. The summed E-state index contributed by atoms with van der Waals surface area (Å²) in [5.74, 6) is 0.00514. The van der Waals surface area contributed by atoms with Crippen molar-refractivity contribution < 1.29 is 9.59 Å². The van der Waals surface area contributed by atoms with Crippen molar-refractivity contribution >= 4 is 39.1 Å². The molecule has 0 fully saturated rings. The molecule has 0 radical (unpaired) electrons. The van der Waals surface area contributed by atoms with Crippen molar-refractivity contribution in [1.82, 2.24) is 9.55 Å². The first-order valence-corrected chi connectivity index (χ1v) is 8.39. The molecule has 1 aliphatic carbocycles. The smallest absolute Gasteiger partial charge is 0.246 e. The number of ketones is 1. The average Bonchev–Trinajstić information content (AvgIpc) is 3.12. The third kappa shape index (κ3) is 2.66. The molecule has 2 aromatic heterocycles. The van der Waals surface area contributed by atoms with E-state index in [1.807, 2.05) is 41.1 Å². The number of hydrogen-bond donors (Lipinski definition) is 1. The standard InChI is InChI=1S/C17H15N3O2S/c21-14-7-3-5-12-16(14)23-17(18-12)19-15(22)10-20-9-8-11-4-1-2-6-13(11)20/h1-2,4,6,8-9H,3,5,7,10H2,(H,18,19,22). The molecule has 0 atom stereocenters. The number of nitrogens with one attached hydrogen (secondary N) is 1. The quantitative estimate of drug-likeness (QED) is 0.804. The normalized spacial score (nSPS) is 14.0. The Labute approximate surface area is 137 Å². The molecule has 23 heavy (non-hydrogen) atoms. The number of amides is 1. The lowest BCUT2D eigenvalue weighted by Gasteiger charge is -2.05. The van der Waals surface area contributed by atoms with Crippen LogP contribution in [0.15, 0.2) is 36.5 Å². The Kier molecular flexibility index (Phi) is 3.46. The molecular formula is C17H15N3O2S. The van der Waals surface area contributed by atoms with Crippen LogP contribution in [-0.4, -0.2) is 21.2 Å². The molecule has 1 aliphatic rings. The van der Waals surface area contributed by atoms with Crippen LogP contribution in [0.25, 0.3) is 10.9 Å².